The standard InChI is InChI=1S/C26H20N2O2/c29-26(27-20-12-10-19(11-13-20)18-6-2-1-3-7-18)17-30-21-14-15-23-22-8-4-5-9-24(22)28-25(23)16-21/h1-16,28H,17H2,(H,27,29). The van der Waals surface area contributed by atoms with Crippen LogP contribution in [0.25, 0.3) is 32.9 Å². The molecule has 1 heterocycles. The first-order valence-electron chi connectivity index (χ1n) is 9.85. The van der Waals surface area contributed by atoms with Crippen LogP contribution < -0.4 is 10.1 Å². The summed E-state index contributed by atoms with van der Waals surface area (Å²) < 4.78 is 5.71. The zero-order valence-electron chi connectivity index (χ0n) is 16.3. The molecule has 0 aliphatic heterocycles. The monoisotopic (exact) mass is 392 g/mol. The summed E-state index contributed by atoms with van der Waals surface area (Å²) in [7, 11) is 0. The number of carbonyl (C=O) groups is 1. The van der Waals surface area contributed by atoms with E-state index in [-0.39, 0.29) is 12.5 Å². The third-order valence-electron chi connectivity index (χ3n) is 5.12. The van der Waals surface area contributed by atoms with Gasteiger partial charge in [0.2, 0.25) is 0 Å². The first kappa shape index (κ1) is 18.0. The maximum Gasteiger partial charge on any atom is 0.262 e. The number of hydrogen-bond acceptors (Lipinski definition) is 2. The van der Waals surface area contributed by atoms with E-state index in [9.17, 15) is 4.79 Å². The lowest BCUT2D eigenvalue weighted by Crippen LogP contribution is -2.20. The van der Waals surface area contributed by atoms with Gasteiger partial charge in [-0.1, -0.05) is 60.7 Å². The number of H-pyrrole nitrogens is 1. The molecule has 146 valence electrons. The number of aromatic amines is 1. The first-order valence-corrected chi connectivity index (χ1v) is 9.85. The molecule has 0 saturated heterocycles. The van der Waals surface area contributed by atoms with Crippen molar-refractivity contribution in [3.05, 3.63) is 97.1 Å². The predicted octanol–water partition coefficient (Wildman–Crippen LogP) is 6.01. The van der Waals surface area contributed by atoms with Crippen molar-refractivity contribution in [1.82, 2.24) is 4.98 Å². The topological polar surface area (TPSA) is 54.1 Å². The smallest absolute Gasteiger partial charge is 0.262 e. The Balaban J connectivity index is 1.23. The van der Waals surface area contributed by atoms with Crippen molar-refractivity contribution >= 4 is 33.4 Å². The Labute approximate surface area is 174 Å². The van der Waals surface area contributed by atoms with Gasteiger partial charge in [0.05, 0.1) is 5.52 Å². The minimum absolute atomic E-state index is 0.0494. The first-order chi connectivity index (χ1) is 14.8. The van der Waals surface area contributed by atoms with Gasteiger partial charge in [0.25, 0.3) is 5.91 Å². The average molecular weight is 392 g/mol. The molecule has 0 spiro atoms. The second-order valence-corrected chi connectivity index (χ2v) is 7.16. The van der Waals surface area contributed by atoms with E-state index < -0.39 is 0 Å². The number of fused-ring (bicyclic) bond motifs is 3. The van der Waals surface area contributed by atoms with Gasteiger partial charge in [-0.05, 0) is 41.5 Å². The van der Waals surface area contributed by atoms with Crippen molar-refractivity contribution in [3.63, 3.8) is 0 Å². The molecular formula is C26H20N2O2. The number of rotatable bonds is 5. The largest absolute Gasteiger partial charge is 0.484 e. The van der Waals surface area contributed by atoms with E-state index in [4.69, 9.17) is 4.74 Å². The molecule has 0 aliphatic carbocycles. The van der Waals surface area contributed by atoms with Gasteiger partial charge in [0, 0.05) is 28.0 Å². The average Bonchev–Trinajstić information content (AvgIpc) is 3.17. The summed E-state index contributed by atoms with van der Waals surface area (Å²) in [5.74, 6) is 0.461. The number of aromatic nitrogens is 1. The molecule has 0 atom stereocenters. The lowest BCUT2D eigenvalue weighted by Gasteiger charge is -2.09. The van der Waals surface area contributed by atoms with Crippen LogP contribution in [-0.4, -0.2) is 17.5 Å². The van der Waals surface area contributed by atoms with E-state index in [1.54, 1.807) is 0 Å². The summed E-state index contributed by atoms with van der Waals surface area (Å²) in [6.07, 6.45) is 0. The van der Waals surface area contributed by atoms with Crippen LogP contribution in [0.1, 0.15) is 0 Å². The van der Waals surface area contributed by atoms with Gasteiger partial charge in [0.15, 0.2) is 6.61 Å². The second kappa shape index (κ2) is 7.76. The van der Waals surface area contributed by atoms with Crippen molar-refractivity contribution in [3.8, 4) is 16.9 Å². The summed E-state index contributed by atoms with van der Waals surface area (Å²) in [4.78, 5) is 15.7. The van der Waals surface area contributed by atoms with Crippen LogP contribution >= 0.6 is 0 Å². The van der Waals surface area contributed by atoms with Gasteiger partial charge in [0.1, 0.15) is 5.75 Å². The van der Waals surface area contributed by atoms with Crippen molar-refractivity contribution in [2.24, 2.45) is 0 Å². The number of ether oxygens (including phenoxy) is 1. The lowest BCUT2D eigenvalue weighted by atomic mass is 10.1. The lowest BCUT2D eigenvalue weighted by molar-refractivity contribution is -0.118. The molecule has 5 aromatic rings. The summed E-state index contributed by atoms with van der Waals surface area (Å²) >= 11 is 0. The van der Waals surface area contributed by atoms with Gasteiger partial charge < -0.3 is 15.0 Å². The van der Waals surface area contributed by atoms with E-state index in [0.717, 1.165) is 33.2 Å². The fourth-order valence-electron chi connectivity index (χ4n) is 3.65. The van der Waals surface area contributed by atoms with Crippen molar-refractivity contribution in [2.75, 3.05) is 11.9 Å². The fourth-order valence-corrected chi connectivity index (χ4v) is 3.65. The molecule has 2 N–H and O–H groups in total. The van der Waals surface area contributed by atoms with Gasteiger partial charge >= 0.3 is 0 Å². The van der Waals surface area contributed by atoms with E-state index in [1.807, 2.05) is 78.9 Å². The molecule has 5 rings (SSSR count). The van der Waals surface area contributed by atoms with Crippen LogP contribution in [0.2, 0.25) is 0 Å². The highest BCUT2D eigenvalue weighted by Gasteiger charge is 2.07. The molecule has 0 saturated carbocycles. The molecule has 4 heteroatoms. The van der Waals surface area contributed by atoms with Crippen LogP contribution in [0.4, 0.5) is 5.69 Å². The SMILES string of the molecule is O=C(COc1ccc2c(c1)[nH]c1ccccc12)Nc1ccc(-c2ccccc2)cc1. The van der Waals surface area contributed by atoms with E-state index in [2.05, 4.69) is 28.5 Å². The van der Waals surface area contributed by atoms with Gasteiger partial charge in [-0.3, -0.25) is 4.79 Å². The summed E-state index contributed by atoms with van der Waals surface area (Å²) in [5.41, 5.74) is 5.07. The predicted molar refractivity (Wildman–Crippen MR) is 122 cm³/mol. The normalized spacial score (nSPS) is 10.9. The van der Waals surface area contributed by atoms with Crippen LogP contribution in [0.3, 0.4) is 0 Å². The molecule has 0 fully saturated rings. The van der Waals surface area contributed by atoms with Crippen LogP contribution in [0, 0.1) is 0 Å². The van der Waals surface area contributed by atoms with Crippen molar-refractivity contribution in [1.29, 1.82) is 0 Å². The van der Waals surface area contributed by atoms with E-state index in [0.29, 0.717) is 5.75 Å². The summed E-state index contributed by atoms with van der Waals surface area (Å²) in [6, 6.07) is 31.9. The van der Waals surface area contributed by atoms with Crippen LogP contribution in [-0.2, 0) is 4.79 Å². The van der Waals surface area contributed by atoms with Gasteiger partial charge in [-0.25, -0.2) is 0 Å². The zero-order chi connectivity index (χ0) is 20.3. The third-order valence-corrected chi connectivity index (χ3v) is 5.12. The van der Waals surface area contributed by atoms with Crippen molar-refractivity contribution < 1.29 is 9.53 Å². The van der Waals surface area contributed by atoms with Crippen molar-refractivity contribution in [2.45, 2.75) is 0 Å². The minimum Gasteiger partial charge on any atom is -0.484 e. The quantitative estimate of drug-likeness (QED) is 0.385. The fraction of sp³-hybridized carbons (Fsp3) is 0.0385. The number of amides is 1. The minimum atomic E-state index is -0.195. The summed E-state index contributed by atoms with van der Waals surface area (Å²) in [5, 5.41) is 5.19. The number of anilines is 1. The van der Waals surface area contributed by atoms with Gasteiger partial charge in [-0.2, -0.15) is 0 Å². The molecular weight excluding hydrogens is 372 g/mol. The number of nitrogens with one attached hydrogen (secondary N) is 2. The van der Waals surface area contributed by atoms with E-state index in [1.165, 1.54) is 5.39 Å². The molecule has 0 aliphatic rings. The Kier molecular flexibility index (Phi) is 4.66. The number of carbonyl (C=O) groups excluding carboxylic acids is 1. The number of benzene rings is 4. The molecule has 1 aromatic heterocycles. The Bertz CT molecular complexity index is 1320. The Morgan fingerprint density at radius 1 is 0.733 bits per heavy atom. The molecule has 4 nitrogen and oxygen atoms in total. The van der Waals surface area contributed by atoms with Crippen LogP contribution in [0.5, 0.6) is 5.75 Å². The Morgan fingerprint density at radius 2 is 1.43 bits per heavy atom. The second-order valence-electron chi connectivity index (χ2n) is 7.16. The third kappa shape index (κ3) is 3.63. The Morgan fingerprint density at radius 3 is 2.27 bits per heavy atom. The molecule has 1 amide bonds. The molecule has 0 unspecified atom stereocenters. The highest BCUT2D eigenvalue weighted by atomic mass is 16.5. The Hall–Kier alpha value is -4.05. The number of para-hydroxylation sites is 1. The maximum atomic E-state index is 12.3. The molecule has 30 heavy (non-hydrogen) atoms. The highest BCUT2D eigenvalue weighted by Crippen LogP contribution is 2.28. The van der Waals surface area contributed by atoms with Gasteiger partial charge in [-0.15, -0.1) is 0 Å². The highest BCUT2D eigenvalue weighted by molar-refractivity contribution is 6.07. The zero-order valence-corrected chi connectivity index (χ0v) is 16.3. The molecule has 4 aromatic carbocycles. The number of hydrogen-bond donors (Lipinski definition) is 2. The molecule has 0 bridgehead atoms. The molecule has 0 radical (unpaired) electrons. The van der Waals surface area contributed by atoms with Crippen LogP contribution in [0.15, 0.2) is 97.1 Å². The maximum absolute atomic E-state index is 12.3. The summed E-state index contributed by atoms with van der Waals surface area (Å²) in [6.45, 7) is -0.0494. The van der Waals surface area contributed by atoms with E-state index >= 15 is 0 Å².